The average molecular weight is 278 g/mol. The van der Waals surface area contributed by atoms with E-state index in [-0.39, 0.29) is 6.03 Å². The molecule has 20 heavy (non-hydrogen) atoms. The van der Waals surface area contributed by atoms with Gasteiger partial charge in [0.2, 0.25) is 0 Å². The van der Waals surface area contributed by atoms with Crippen LogP contribution in [0.15, 0.2) is 30.3 Å². The van der Waals surface area contributed by atoms with Crippen molar-refractivity contribution >= 4 is 12.0 Å². The number of carboxylic acids is 1. The molecule has 0 aliphatic carbocycles. The van der Waals surface area contributed by atoms with E-state index in [1.165, 1.54) is 30.7 Å². The van der Waals surface area contributed by atoms with Gasteiger partial charge in [-0.3, -0.25) is 0 Å². The minimum atomic E-state index is -1.22. The zero-order valence-corrected chi connectivity index (χ0v) is 12.5. The fourth-order valence-electron chi connectivity index (χ4n) is 1.68. The molecule has 0 saturated heterocycles. The van der Waals surface area contributed by atoms with Gasteiger partial charge in [0, 0.05) is 20.6 Å². The predicted molar refractivity (Wildman–Crippen MR) is 77.6 cm³/mol. The minimum Gasteiger partial charge on any atom is -0.480 e. The highest BCUT2D eigenvalue weighted by Gasteiger charge is 2.36. The normalized spacial score (nSPS) is 11.0. The van der Waals surface area contributed by atoms with Crippen LogP contribution < -0.4 is 0 Å². The molecule has 0 heterocycles. The molecule has 110 valence electrons. The standard InChI is InChI=1S/C15H22N2O3/c1-15(2,13(18)19)17(4)14(20)16(3)11-10-12-8-6-5-7-9-12/h5-9H,10-11H2,1-4H3,(H,18,19). The van der Waals surface area contributed by atoms with Crippen LogP contribution in [0, 0.1) is 0 Å². The fourth-order valence-corrected chi connectivity index (χ4v) is 1.68. The van der Waals surface area contributed by atoms with Gasteiger partial charge in [0.1, 0.15) is 5.54 Å². The zero-order chi connectivity index (χ0) is 15.3. The number of hydrogen-bond acceptors (Lipinski definition) is 2. The summed E-state index contributed by atoms with van der Waals surface area (Å²) in [5.74, 6) is -1.02. The van der Waals surface area contributed by atoms with E-state index < -0.39 is 11.5 Å². The topological polar surface area (TPSA) is 60.9 Å². The van der Waals surface area contributed by atoms with Crippen LogP contribution in [0.3, 0.4) is 0 Å². The molecule has 5 nitrogen and oxygen atoms in total. The number of nitrogens with zero attached hydrogens (tertiary/aromatic N) is 2. The second-order valence-electron chi connectivity index (χ2n) is 5.36. The van der Waals surface area contributed by atoms with Crippen LogP contribution in [-0.4, -0.2) is 53.1 Å². The van der Waals surface area contributed by atoms with Gasteiger partial charge in [-0.1, -0.05) is 30.3 Å². The van der Waals surface area contributed by atoms with Crippen LogP contribution in [0.2, 0.25) is 0 Å². The Morgan fingerprint density at radius 1 is 1.15 bits per heavy atom. The number of carbonyl (C=O) groups excluding carboxylic acids is 1. The highest BCUT2D eigenvalue weighted by Crippen LogP contribution is 2.14. The van der Waals surface area contributed by atoms with E-state index >= 15 is 0 Å². The Kier molecular flexibility index (Phi) is 5.13. The molecule has 0 fully saturated rings. The summed E-state index contributed by atoms with van der Waals surface area (Å²) in [6, 6.07) is 9.56. The number of carboxylic acid groups (broad SMARTS) is 1. The third-order valence-electron chi connectivity index (χ3n) is 3.55. The maximum Gasteiger partial charge on any atom is 0.329 e. The van der Waals surface area contributed by atoms with Crippen molar-refractivity contribution in [1.29, 1.82) is 0 Å². The molecule has 0 aromatic heterocycles. The van der Waals surface area contributed by atoms with Crippen LogP contribution in [0.25, 0.3) is 0 Å². The lowest BCUT2D eigenvalue weighted by Crippen LogP contribution is -2.54. The largest absolute Gasteiger partial charge is 0.480 e. The first kappa shape index (κ1) is 16.0. The number of likely N-dealkylation sites (N-methyl/N-ethyl adjacent to an activating group) is 2. The Bertz CT molecular complexity index is 471. The predicted octanol–water partition coefficient (Wildman–Crippen LogP) is 2.08. The molecule has 0 aliphatic heterocycles. The lowest BCUT2D eigenvalue weighted by atomic mass is 10.0. The van der Waals surface area contributed by atoms with Crippen LogP contribution in [0.4, 0.5) is 4.79 Å². The van der Waals surface area contributed by atoms with Crippen LogP contribution in [-0.2, 0) is 11.2 Å². The van der Waals surface area contributed by atoms with Gasteiger partial charge in [0.25, 0.3) is 0 Å². The van der Waals surface area contributed by atoms with Crippen molar-refractivity contribution in [2.75, 3.05) is 20.6 Å². The maximum atomic E-state index is 12.2. The van der Waals surface area contributed by atoms with Gasteiger partial charge in [-0.15, -0.1) is 0 Å². The number of urea groups is 1. The summed E-state index contributed by atoms with van der Waals surface area (Å²) in [5, 5.41) is 9.14. The molecule has 0 unspecified atom stereocenters. The van der Waals surface area contributed by atoms with Crippen LogP contribution in [0.5, 0.6) is 0 Å². The number of carbonyl (C=O) groups is 2. The second kappa shape index (κ2) is 6.41. The molecule has 1 aromatic carbocycles. The number of hydrogen-bond donors (Lipinski definition) is 1. The van der Waals surface area contributed by atoms with Crippen molar-refractivity contribution in [3.63, 3.8) is 0 Å². The molecule has 2 amide bonds. The molecule has 0 aliphatic rings. The lowest BCUT2D eigenvalue weighted by Gasteiger charge is -2.34. The van der Waals surface area contributed by atoms with Gasteiger partial charge < -0.3 is 14.9 Å². The molecule has 5 heteroatoms. The van der Waals surface area contributed by atoms with Crippen molar-refractivity contribution in [2.45, 2.75) is 25.8 Å². The second-order valence-corrected chi connectivity index (χ2v) is 5.36. The van der Waals surface area contributed by atoms with Gasteiger partial charge in [-0.2, -0.15) is 0 Å². The van der Waals surface area contributed by atoms with E-state index in [0.717, 1.165) is 12.0 Å². The van der Waals surface area contributed by atoms with Crippen molar-refractivity contribution in [3.8, 4) is 0 Å². The molecule has 0 saturated carbocycles. The van der Waals surface area contributed by atoms with Gasteiger partial charge in [0.05, 0.1) is 0 Å². The smallest absolute Gasteiger partial charge is 0.329 e. The lowest BCUT2D eigenvalue weighted by molar-refractivity contribution is -0.147. The van der Waals surface area contributed by atoms with E-state index in [1.54, 1.807) is 7.05 Å². The molecule has 0 radical (unpaired) electrons. The summed E-state index contributed by atoms with van der Waals surface area (Å²) in [6.45, 7) is 3.57. The number of amides is 2. The third-order valence-corrected chi connectivity index (χ3v) is 3.55. The van der Waals surface area contributed by atoms with Gasteiger partial charge >= 0.3 is 12.0 Å². The Hall–Kier alpha value is -2.04. The van der Waals surface area contributed by atoms with Crippen LogP contribution >= 0.6 is 0 Å². The van der Waals surface area contributed by atoms with Crippen molar-refractivity contribution < 1.29 is 14.7 Å². The first-order chi connectivity index (χ1) is 9.26. The van der Waals surface area contributed by atoms with E-state index in [9.17, 15) is 9.59 Å². The number of aliphatic carboxylic acids is 1. The van der Waals surface area contributed by atoms with Crippen molar-refractivity contribution in [3.05, 3.63) is 35.9 Å². The van der Waals surface area contributed by atoms with E-state index in [1.807, 2.05) is 30.3 Å². The number of rotatable bonds is 5. The fraction of sp³-hybridized carbons (Fsp3) is 0.467. The Balaban J connectivity index is 2.61. The summed E-state index contributed by atoms with van der Waals surface area (Å²) in [7, 11) is 3.19. The van der Waals surface area contributed by atoms with E-state index in [4.69, 9.17) is 5.11 Å². The van der Waals surface area contributed by atoms with Crippen LogP contribution in [0.1, 0.15) is 19.4 Å². The number of benzene rings is 1. The molecule has 1 aromatic rings. The molecule has 1 rings (SSSR count). The van der Waals surface area contributed by atoms with Crippen molar-refractivity contribution in [1.82, 2.24) is 9.80 Å². The molecule has 0 spiro atoms. The molecular formula is C15H22N2O3. The summed E-state index contributed by atoms with van der Waals surface area (Å²) >= 11 is 0. The first-order valence-corrected chi connectivity index (χ1v) is 6.53. The summed E-state index contributed by atoms with van der Waals surface area (Å²) < 4.78 is 0. The summed E-state index contributed by atoms with van der Waals surface area (Å²) in [5.41, 5.74) is -0.0785. The molecular weight excluding hydrogens is 256 g/mol. The molecule has 0 atom stereocenters. The highest BCUT2D eigenvalue weighted by molar-refractivity contribution is 5.85. The minimum absolute atomic E-state index is 0.298. The average Bonchev–Trinajstić information content (AvgIpc) is 2.43. The molecule has 0 bridgehead atoms. The summed E-state index contributed by atoms with van der Waals surface area (Å²) in [6.07, 6.45) is 0.740. The van der Waals surface area contributed by atoms with Gasteiger partial charge in [0.15, 0.2) is 0 Å². The first-order valence-electron chi connectivity index (χ1n) is 6.53. The van der Waals surface area contributed by atoms with Gasteiger partial charge in [-0.05, 0) is 25.8 Å². The Morgan fingerprint density at radius 2 is 1.70 bits per heavy atom. The summed E-state index contributed by atoms with van der Waals surface area (Å²) in [4.78, 5) is 26.2. The van der Waals surface area contributed by atoms with E-state index in [2.05, 4.69) is 0 Å². The highest BCUT2D eigenvalue weighted by atomic mass is 16.4. The Morgan fingerprint density at radius 3 is 2.20 bits per heavy atom. The quantitative estimate of drug-likeness (QED) is 0.897. The Labute approximate surface area is 119 Å². The molecule has 1 N–H and O–H groups in total. The maximum absolute atomic E-state index is 12.2. The SMILES string of the molecule is CN(CCc1ccccc1)C(=O)N(C)C(C)(C)C(=O)O. The third kappa shape index (κ3) is 3.73. The monoisotopic (exact) mass is 278 g/mol. The van der Waals surface area contributed by atoms with E-state index in [0.29, 0.717) is 6.54 Å². The zero-order valence-electron chi connectivity index (χ0n) is 12.5. The van der Waals surface area contributed by atoms with Crippen molar-refractivity contribution in [2.24, 2.45) is 0 Å². The van der Waals surface area contributed by atoms with Gasteiger partial charge in [-0.25, -0.2) is 9.59 Å².